The molecule has 0 aliphatic rings. The van der Waals surface area contributed by atoms with Gasteiger partial charge in [-0.3, -0.25) is 0 Å². The van der Waals surface area contributed by atoms with Crippen molar-refractivity contribution in [3.8, 4) is 0 Å². The van der Waals surface area contributed by atoms with Gasteiger partial charge in [0.05, 0.1) is 6.61 Å². The van der Waals surface area contributed by atoms with E-state index in [0.29, 0.717) is 0 Å². The first-order valence-electron chi connectivity index (χ1n) is 7.86. The van der Waals surface area contributed by atoms with E-state index in [4.69, 9.17) is 14.7 Å². The van der Waals surface area contributed by atoms with Crippen LogP contribution in [0.3, 0.4) is 0 Å². The summed E-state index contributed by atoms with van der Waals surface area (Å²) in [6.45, 7) is 13.6. The summed E-state index contributed by atoms with van der Waals surface area (Å²) in [5, 5.41) is 3.37. The van der Waals surface area contributed by atoms with Gasteiger partial charge in [-0.1, -0.05) is 20.8 Å². The molecule has 120 valence electrons. The van der Waals surface area contributed by atoms with Crippen LogP contribution in [0.15, 0.2) is 0 Å². The molecule has 0 saturated carbocycles. The number of ether oxygens (including phenoxy) is 1. The number of methoxy groups -OCH3 is 1. The molecule has 4 nitrogen and oxygen atoms in total. The normalized spacial score (nSPS) is 11.9. The summed E-state index contributed by atoms with van der Waals surface area (Å²) in [6.07, 6.45) is 3.06. The first kappa shape index (κ1) is 18.1. The molecule has 0 atom stereocenters. The maximum absolute atomic E-state index is 5.02. The molecule has 0 unspecified atom stereocenters. The highest BCUT2D eigenvalue weighted by Gasteiger charge is 2.15. The van der Waals surface area contributed by atoms with E-state index in [-0.39, 0.29) is 5.41 Å². The van der Waals surface area contributed by atoms with Crippen LogP contribution < -0.4 is 5.32 Å². The number of aryl methyl sites for hydroxylation is 2. The van der Waals surface area contributed by atoms with Crippen LogP contribution in [-0.2, 0) is 17.6 Å². The summed E-state index contributed by atoms with van der Waals surface area (Å²) < 4.78 is 5.02. The molecule has 0 radical (unpaired) electrons. The fourth-order valence-electron chi connectivity index (χ4n) is 2.41. The average Bonchev–Trinajstić information content (AvgIpc) is 2.34. The number of hydrogen-bond acceptors (Lipinski definition) is 4. The van der Waals surface area contributed by atoms with E-state index < -0.39 is 0 Å². The predicted molar refractivity (Wildman–Crippen MR) is 87.7 cm³/mol. The van der Waals surface area contributed by atoms with Gasteiger partial charge in [-0.15, -0.1) is 0 Å². The monoisotopic (exact) mass is 293 g/mol. The lowest BCUT2D eigenvalue weighted by Gasteiger charge is -2.18. The fourth-order valence-corrected chi connectivity index (χ4v) is 2.41. The highest BCUT2D eigenvalue weighted by Crippen LogP contribution is 2.20. The Morgan fingerprint density at radius 3 is 2.19 bits per heavy atom. The molecule has 1 aromatic heterocycles. The van der Waals surface area contributed by atoms with Gasteiger partial charge < -0.3 is 10.1 Å². The Labute approximate surface area is 129 Å². The molecule has 0 bridgehead atoms. The van der Waals surface area contributed by atoms with Crippen LogP contribution in [0, 0.1) is 19.3 Å². The molecule has 1 rings (SSSR count). The summed E-state index contributed by atoms with van der Waals surface area (Å²) in [5.41, 5.74) is 3.81. The van der Waals surface area contributed by atoms with Gasteiger partial charge in [0.25, 0.3) is 0 Å². The molecule has 4 heteroatoms. The van der Waals surface area contributed by atoms with Crippen molar-refractivity contribution in [3.05, 3.63) is 22.8 Å². The lowest BCUT2D eigenvalue weighted by Crippen LogP contribution is -2.21. The van der Waals surface area contributed by atoms with E-state index in [1.165, 1.54) is 5.56 Å². The Balaban J connectivity index is 2.55. The highest BCUT2D eigenvalue weighted by atomic mass is 16.5. The van der Waals surface area contributed by atoms with E-state index in [1.54, 1.807) is 7.11 Å². The van der Waals surface area contributed by atoms with Gasteiger partial charge in [0, 0.05) is 31.5 Å². The minimum absolute atomic E-state index is 0.228. The third-order valence-corrected chi connectivity index (χ3v) is 3.42. The van der Waals surface area contributed by atoms with Crippen LogP contribution in [0.5, 0.6) is 0 Å². The van der Waals surface area contributed by atoms with Crippen molar-refractivity contribution in [2.45, 2.75) is 53.9 Å². The van der Waals surface area contributed by atoms with Crippen molar-refractivity contribution >= 4 is 0 Å². The van der Waals surface area contributed by atoms with Gasteiger partial charge in [-0.2, -0.15) is 0 Å². The van der Waals surface area contributed by atoms with Gasteiger partial charge in [0.2, 0.25) is 0 Å². The minimum atomic E-state index is 0.228. The first-order valence-corrected chi connectivity index (χ1v) is 7.86. The molecule has 0 spiro atoms. The van der Waals surface area contributed by atoms with Crippen LogP contribution in [0.4, 0.5) is 0 Å². The maximum Gasteiger partial charge on any atom is 0.129 e. The SMILES string of the molecule is COCCNCCCc1c(C)nc(CC(C)(C)C)nc1C. The summed E-state index contributed by atoms with van der Waals surface area (Å²) >= 11 is 0. The summed E-state index contributed by atoms with van der Waals surface area (Å²) in [4.78, 5) is 9.39. The second-order valence-electron chi connectivity index (χ2n) is 6.87. The Hall–Kier alpha value is -1.00. The number of hydrogen-bond donors (Lipinski definition) is 1. The number of nitrogens with zero attached hydrogens (tertiary/aromatic N) is 2. The maximum atomic E-state index is 5.02. The van der Waals surface area contributed by atoms with Crippen molar-refractivity contribution in [1.82, 2.24) is 15.3 Å². The summed E-state index contributed by atoms with van der Waals surface area (Å²) in [6, 6.07) is 0. The second kappa shape index (κ2) is 8.44. The fraction of sp³-hybridized carbons (Fsp3) is 0.765. The zero-order chi connectivity index (χ0) is 15.9. The van der Waals surface area contributed by atoms with Crippen LogP contribution in [0.1, 0.15) is 50.0 Å². The molecule has 0 amide bonds. The molecule has 1 aromatic rings. The number of nitrogens with one attached hydrogen (secondary N) is 1. The van der Waals surface area contributed by atoms with Crippen LogP contribution in [-0.4, -0.2) is 36.8 Å². The largest absolute Gasteiger partial charge is 0.383 e. The van der Waals surface area contributed by atoms with Crippen molar-refractivity contribution in [2.75, 3.05) is 26.8 Å². The van der Waals surface area contributed by atoms with Gasteiger partial charge in [0.1, 0.15) is 5.82 Å². The molecule has 0 aliphatic heterocycles. The molecule has 0 fully saturated rings. The van der Waals surface area contributed by atoms with E-state index in [1.807, 2.05) is 0 Å². The zero-order valence-corrected chi connectivity index (χ0v) is 14.5. The van der Waals surface area contributed by atoms with Crippen molar-refractivity contribution < 1.29 is 4.74 Å². The number of rotatable bonds is 8. The van der Waals surface area contributed by atoms with E-state index in [0.717, 1.165) is 56.2 Å². The molecule has 1 heterocycles. The van der Waals surface area contributed by atoms with E-state index >= 15 is 0 Å². The Bertz CT molecular complexity index is 415. The standard InChI is InChI=1S/C17H31N3O/c1-13-15(8-7-9-18-10-11-21-6)14(2)20-16(19-13)12-17(3,4)5/h18H,7-12H2,1-6H3. The van der Waals surface area contributed by atoms with Crippen LogP contribution in [0.25, 0.3) is 0 Å². The van der Waals surface area contributed by atoms with Crippen LogP contribution in [0.2, 0.25) is 0 Å². The molecule has 0 saturated heterocycles. The Morgan fingerprint density at radius 2 is 1.67 bits per heavy atom. The van der Waals surface area contributed by atoms with Gasteiger partial charge in [0.15, 0.2) is 0 Å². The Kier molecular flexibility index (Phi) is 7.26. The second-order valence-corrected chi connectivity index (χ2v) is 6.87. The van der Waals surface area contributed by atoms with Gasteiger partial charge >= 0.3 is 0 Å². The minimum Gasteiger partial charge on any atom is -0.383 e. The average molecular weight is 293 g/mol. The highest BCUT2D eigenvalue weighted by molar-refractivity contribution is 5.24. The topological polar surface area (TPSA) is 47.0 Å². The lowest BCUT2D eigenvalue weighted by molar-refractivity contribution is 0.199. The number of aromatic nitrogens is 2. The van der Waals surface area contributed by atoms with Crippen molar-refractivity contribution in [2.24, 2.45) is 5.41 Å². The predicted octanol–water partition coefficient (Wildman–Crippen LogP) is 2.85. The quantitative estimate of drug-likeness (QED) is 0.749. The lowest BCUT2D eigenvalue weighted by atomic mass is 9.91. The molecule has 0 aromatic carbocycles. The molecule has 1 N–H and O–H groups in total. The third-order valence-electron chi connectivity index (χ3n) is 3.42. The zero-order valence-electron chi connectivity index (χ0n) is 14.5. The third kappa shape index (κ3) is 7.00. The van der Waals surface area contributed by atoms with Crippen LogP contribution >= 0.6 is 0 Å². The summed E-state index contributed by atoms with van der Waals surface area (Å²) in [5.74, 6) is 0.972. The molecule has 21 heavy (non-hydrogen) atoms. The smallest absolute Gasteiger partial charge is 0.129 e. The van der Waals surface area contributed by atoms with Crippen molar-refractivity contribution in [3.63, 3.8) is 0 Å². The first-order chi connectivity index (χ1) is 9.83. The van der Waals surface area contributed by atoms with Crippen molar-refractivity contribution in [1.29, 1.82) is 0 Å². The summed E-state index contributed by atoms with van der Waals surface area (Å²) in [7, 11) is 1.73. The van der Waals surface area contributed by atoms with Gasteiger partial charge in [-0.05, 0) is 44.2 Å². The van der Waals surface area contributed by atoms with Gasteiger partial charge in [-0.25, -0.2) is 9.97 Å². The Morgan fingerprint density at radius 1 is 1.05 bits per heavy atom. The van der Waals surface area contributed by atoms with E-state index in [9.17, 15) is 0 Å². The molecule has 0 aliphatic carbocycles. The molecular weight excluding hydrogens is 262 g/mol. The molecular formula is C17H31N3O. The van der Waals surface area contributed by atoms with E-state index in [2.05, 4.69) is 39.9 Å².